The quantitative estimate of drug-likeness (QED) is 0.587. The number of amides is 2. The second-order valence-electron chi connectivity index (χ2n) is 3.38. The molecule has 0 radical (unpaired) electrons. The van der Waals surface area contributed by atoms with Crippen molar-refractivity contribution in [3.8, 4) is 0 Å². The summed E-state index contributed by atoms with van der Waals surface area (Å²) >= 11 is 0. The molecule has 74 valence electrons. The average Bonchev–Trinajstić information content (AvgIpc) is 2.08. The Morgan fingerprint density at radius 2 is 2.15 bits per heavy atom. The maximum absolute atomic E-state index is 11.0. The van der Waals surface area contributed by atoms with Gasteiger partial charge in [-0.05, 0) is 18.8 Å². The molecule has 5 heteroatoms. The van der Waals surface area contributed by atoms with Crippen LogP contribution in [0, 0.1) is 5.92 Å². The summed E-state index contributed by atoms with van der Waals surface area (Å²) in [6.07, 6.45) is 2.12. The van der Waals surface area contributed by atoms with E-state index in [1.165, 1.54) is 0 Å². The van der Waals surface area contributed by atoms with Crippen molar-refractivity contribution < 1.29 is 14.7 Å². The first kappa shape index (κ1) is 9.83. The summed E-state index contributed by atoms with van der Waals surface area (Å²) in [5.74, 6) is -0.521. The number of nitrogens with one attached hydrogen (secondary N) is 2. The standard InChI is InChI=1S/C8H14N2O3/c1-5-2-3-6(5)10-8(13)9-4-7(11)12/h5-6H,2-4H2,1H3,(H,11,12)(H2,9,10,13). The van der Waals surface area contributed by atoms with Crippen molar-refractivity contribution in [1.29, 1.82) is 0 Å². The van der Waals surface area contributed by atoms with Crippen LogP contribution >= 0.6 is 0 Å². The third kappa shape index (κ3) is 2.93. The summed E-state index contributed by atoms with van der Waals surface area (Å²) < 4.78 is 0. The molecule has 0 aromatic rings. The zero-order valence-corrected chi connectivity index (χ0v) is 7.54. The van der Waals surface area contributed by atoms with Gasteiger partial charge in [0.2, 0.25) is 0 Å². The maximum Gasteiger partial charge on any atom is 0.323 e. The molecule has 0 heterocycles. The Labute approximate surface area is 76.5 Å². The number of carboxylic acid groups (broad SMARTS) is 1. The van der Waals surface area contributed by atoms with E-state index in [0.717, 1.165) is 12.8 Å². The summed E-state index contributed by atoms with van der Waals surface area (Å²) in [6.45, 7) is 1.73. The maximum atomic E-state index is 11.0. The van der Waals surface area contributed by atoms with Crippen molar-refractivity contribution in [3.05, 3.63) is 0 Å². The lowest BCUT2D eigenvalue weighted by Crippen LogP contribution is -2.50. The first-order valence-corrected chi connectivity index (χ1v) is 4.35. The highest BCUT2D eigenvalue weighted by molar-refractivity contribution is 5.80. The molecule has 13 heavy (non-hydrogen) atoms. The van der Waals surface area contributed by atoms with E-state index in [0.29, 0.717) is 5.92 Å². The summed E-state index contributed by atoms with van der Waals surface area (Å²) in [7, 11) is 0. The topological polar surface area (TPSA) is 78.4 Å². The van der Waals surface area contributed by atoms with E-state index in [9.17, 15) is 9.59 Å². The molecule has 1 aliphatic rings. The Kier molecular flexibility index (Phi) is 3.11. The smallest absolute Gasteiger partial charge is 0.323 e. The zero-order chi connectivity index (χ0) is 9.84. The number of carbonyl (C=O) groups is 2. The van der Waals surface area contributed by atoms with Gasteiger partial charge in [-0.3, -0.25) is 4.79 Å². The second kappa shape index (κ2) is 4.11. The molecule has 0 aliphatic heterocycles. The third-order valence-electron chi connectivity index (χ3n) is 2.34. The van der Waals surface area contributed by atoms with Crippen molar-refractivity contribution in [2.45, 2.75) is 25.8 Å². The predicted molar refractivity (Wildman–Crippen MR) is 46.4 cm³/mol. The first-order chi connectivity index (χ1) is 6.09. The Morgan fingerprint density at radius 3 is 2.54 bits per heavy atom. The van der Waals surface area contributed by atoms with Gasteiger partial charge in [0, 0.05) is 6.04 Å². The molecule has 2 atom stereocenters. The Bertz CT molecular complexity index is 217. The molecule has 0 aromatic carbocycles. The van der Waals surface area contributed by atoms with Crippen molar-refractivity contribution in [2.75, 3.05) is 6.54 Å². The van der Waals surface area contributed by atoms with Gasteiger partial charge in [-0.25, -0.2) is 4.79 Å². The lowest BCUT2D eigenvalue weighted by molar-refractivity contribution is -0.135. The molecular formula is C8H14N2O3. The number of urea groups is 1. The monoisotopic (exact) mass is 186 g/mol. The highest BCUT2D eigenvalue weighted by Crippen LogP contribution is 2.25. The minimum Gasteiger partial charge on any atom is -0.480 e. The van der Waals surface area contributed by atoms with Crippen LogP contribution in [0.25, 0.3) is 0 Å². The number of carboxylic acids is 1. The number of aliphatic carboxylic acids is 1. The van der Waals surface area contributed by atoms with Crippen LogP contribution in [0.3, 0.4) is 0 Å². The van der Waals surface area contributed by atoms with Gasteiger partial charge in [0.05, 0.1) is 0 Å². The van der Waals surface area contributed by atoms with Gasteiger partial charge >= 0.3 is 12.0 Å². The molecule has 0 saturated heterocycles. The fourth-order valence-corrected chi connectivity index (χ4v) is 1.26. The molecule has 0 aromatic heterocycles. The number of hydrogen-bond donors (Lipinski definition) is 3. The molecule has 0 bridgehead atoms. The molecule has 0 spiro atoms. The van der Waals surface area contributed by atoms with E-state index in [-0.39, 0.29) is 18.6 Å². The minimum atomic E-state index is -1.03. The molecule has 2 unspecified atom stereocenters. The lowest BCUT2D eigenvalue weighted by atomic mass is 9.81. The largest absolute Gasteiger partial charge is 0.480 e. The van der Waals surface area contributed by atoms with Crippen LogP contribution in [0.1, 0.15) is 19.8 Å². The van der Waals surface area contributed by atoms with Crippen LogP contribution in [-0.2, 0) is 4.79 Å². The van der Waals surface area contributed by atoms with Crippen LogP contribution in [0.15, 0.2) is 0 Å². The fraction of sp³-hybridized carbons (Fsp3) is 0.750. The predicted octanol–water partition coefficient (Wildman–Crippen LogP) is 0.169. The molecule has 2 amide bonds. The number of rotatable bonds is 3. The minimum absolute atomic E-state index is 0.216. The Morgan fingerprint density at radius 1 is 1.46 bits per heavy atom. The van der Waals surface area contributed by atoms with Crippen molar-refractivity contribution >= 4 is 12.0 Å². The second-order valence-corrected chi connectivity index (χ2v) is 3.38. The van der Waals surface area contributed by atoms with Crippen molar-refractivity contribution in [1.82, 2.24) is 10.6 Å². The molecule has 1 saturated carbocycles. The summed E-state index contributed by atoms with van der Waals surface area (Å²) in [5.41, 5.74) is 0. The molecule has 3 N–H and O–H groups in total. The highest BCUT2D eigenvalue weighted by atomic mass is 16.4. The molecule has 1 aliphatic carbocycles. The first-order valence-electron chi connectivity index (χ1n) is 4.35. The molecular weight excluding hydrogens is 172 g/mol. The molecule has 5 nitrogen and oxygen atoms in total. The SMILES string of the molecule is CC1CCC1NC(=O)NCC(=O)O. The van der Waals surface area contributed by atoms with Crippen LogP contribution in [0.2, 0.25) is 0 Å². The van der Waals surface area contributed by atoms with Gasteiger partial charge in [0.25, 0.3) is 0 Å². The van der Waals surface area contributed by atoms with Gasteiger partial charge in [-0.15, -0.1) is 0 Å². The fourth-order valence-electron chi connectivity index (χ4n) is 1.26. The van der Waals surface area contributed by atoms with Crippen molar-refractivity contribution in [3.63, 3.8) is 0 Å². The average molecular weight is 186 g/mol. The molecule has 1 fully saturated rings. The van der Waals surface area contributed by atoms with E-state index in [1.54, 1.807) is 0 Å². The van der Waals surface area contributed by atoms with Gasteiger partial charge in [0.1, 0.15) is 6.54 Å². The van der Waals surface area contributed by atoms with Crippen LogP contribution in [0.4, 0.5) is 4.79 Å². The van der Waals surface area contributed by atoms with E-state index in [4.69, 9.17) is 5.11 Å². The van der Waals surface area contributed by atoms with E-state index in [2.05, 4.69) is 17.6 Å². The summed E-state index contributed by atoms with van der Waals surface area (Å²) in [4.78, 5) is 21.1. The zero-order valence-electron chi connectivity index (χ0n) is 7.54. The van der Waals surface area contributed by atoms with Gasteiger partial charge in [-0.1, -0.05) is 6.92 Å². The Hall–Kier alpha value is -1.26. The van der Waals surface area contributed by atoms with Crippen LogP contribution in [0.5, 0.6) is 0 Å². The normalized spacial score (nSPS) is 25.9. The number of hydrogen-bond acceptors (Lipinski definition) is 2. The van der Waals surface area contributed by atoms with Crippen LogP contribution in [-0.4, -0.2) is 29.7 Å². The number of carbonyl (C=O) groups excluding carboxylic acids is 1. The van der Waals surface area contributed by atoms with E-state index >= 15 is 0 Å². The summed E-state index contributed by atoms with van der Waals surface area (Å²) in [6, 6.07) is -0.173. The van der Waals surface area contributed by atoms with E-state index in [1.807, 2.05) is 0 Å². The van der Waals surface area contributed by atoms with Gasteiger partial charge < -0.3 is 15.7 Å². The van der Waals surface area contributed by atoms with Gasteiger partial charge in [-0.2, -0.15) is 0 Å². The molecule has 1 rings (SSSR count). The van der Waals surface area contributed by atoms with E-state index < -0.39 is 5.97 Å². The lowest BCUT2D eigenvalue weighted by Gasteiger charge is -2.34. The van der Waals surface area contributed by atoms with Gasteiger partial charge in [0.15, 0.2) is 0 Å². The third-order valence-corrected chi connectivity index (χ3v) is 2.34. The van der Waals surface area contributed by atoms with Crippen LogP contribution < -0.4 is 10.6 Å². The summed E-state index contributed by atoms with van der Waals surface area (Å²) in [5, 5.41) is 13.2. The van der Waals surface area contributed by atoms with Crippen molar-refractivity contribution in [2.24, 2.45) is 5.92 Å². The Balaban J connectivity index is 2.14. The highest BCUT2D eigenvalue weighted by Gasteiger charge is 2.27.